The van der Waals surface area contributed by atoms with E-state index in [1.165, 1.54) is 16.7 Å². The molecule has 0 aromatic heterocycles. The van der Waals surface area contributed by atoms with Crippen LogP contribution < -0.4 is 5.19 Å². The van der Waals surface area contributed by atoms with Gasteiger partial charge in [-0.3, -0.25) is 0 Å². The normalized spacial score (nSPS) is 12.9. The average molecular weight is 246 g/mol. The minimum Gasteiger partial charge on any atom is -0.0688 e. The average Bonchev–Trinajstić information content (AvgIpc) is 2.13. The Morgan fingerprint density at radius 1 is 0.882 bits per heavy atom. The van der Waals surface area contributed by atoms with Crippen molar-refractivity contribution >= 4 is 14.7 Å². The lowest BCUT2D eigenvalue weighted by Gasteiger charge is -2.28. The molecule has 17 heavy (non-hydrogen) atoms. The third kappa shape index (κ3) is 3.22. The number of benzene rings is 1. The minimum absolute atomic E-state index is 0.236. The van der Waals surface area contributed by atoms with Gasteiger partial charge in [0.1, 0.15) is 0 Å². The Hall–Kier alpha value is -0.563. The van der Waals surface area contributed by atoms with Crippen molar-refractivity contribution in [2.45, 2.75) is 65.8 Å². The number of rotatable bonds is 1. The van der Waals surface area contributed by atoms with Crippen molar-refractivity contribution in [3.05, 3.63) is 28.8 Å². The topological polar surface area (TPSA) is 0 Å². The van der Waals surface area contributed by atoms with E-state index in [4.69, 9.17) is 0 Å². The van der Waals surface area contributed by atoms with Gasteiger partial charge in [0.15, 0.2) is 0 Å². The smallest absolute Gasteiger partial charge is 0.0688 e. The molecule has 0 aliphatic heterocycles. The van der Waals surface area contributed by atoms with Gasteiger partial charge < -0.3 is 0 Å². The Morgan fingerprint density at radius 2 is 1.41 bits per heavy atom. The highest BCUT2D eigenvalue weighted by atomic mass is 28.2. The van der Waals surface area contributed by atoms with Crippen LogP contribution in [0.15, 0.2) is 12.1 Å². The van der Waals surface area contributed by atoms with Gasteiger partial charge in [-0.2, -0.15) is 0 Å². The molecular weight excluding hydrogens is 220 g/mol. The molecule has 0 heterocycles. The lowest BCUT2D eigenvalue weighted by Crippen LogP contribution is -2.30. The Balaban J connectivity index is 3.51. The Morgan fingerprint density at radius 3 is 1.76 bits per heavy atom. The molecule has 0 nitrogen and oxygen atoms in total. The van der Waals surface area contributed by atoms with Crippen molar-refractivity contribution in [3.8, 4) is 0 Å². The second-order valence-electron chi connectivity index (χ2n) is 6.97. The zero-order valence-corrected chi connectivity index (χ0v) is 13.7. The van der Waals surface area contributed by atoms with Crippen LogP contribution >= 0.6 is 0 Å². The van der Waals surface area contributed by atoms with Gasteiger partial charge in [0.05, 0.1) is 9.52 Å². The van der Waals surface area contributed by atoms with Crippen LogP contribution in [0.2, 0.25) is 6.55 Å². The van der Waals surface area contributed by atoms with E-state index in [-0.39, 0.29) is 10.8 Å². The van der Waals surface area contributed by atoms with Gasteiger partial charge in [-0.05, 0) is 28.9 Å². The van der Waals surface area contributed by atoms with Crippen LogP contribution in [0.25, 0.3) is 0 Å². The standard InChI is InChI=1S/C16H26Si/c1-11-9-12(15(2,3)4)10-13(14(11)17-8)16(5,6)7/h9-10H,1-8H3. The van der Waals surface area contributed by atoms with E-state index in [0.29, 0.717) is 0 Å². The minimum atomic E-state index is 0.236. The summed E-state index contributed by atoms with van der Waals surface area (Å²) in [6.07, 6.45) is 0. The first-order valence-electron chi connectivity index (χ1n) is 6.40. The molecule has 1 heteroatoms. The molecular formula is C16H26Si. The molecule has 0 aliphatic rings. The molecule has 0 N–H and O–H groups in total. The summed E-state index contributed by atoms with van der Waals surface area (Å²) >= 11 is 0. The highest BCUT2D eigenvalue weighted by Crippen LogP contribution is 2.28. The van der Waals surface area contributed by atoms with E-state index in [1.54, 1.807) is 5.19 Å². The molecule has 0 fully saturated rings. The molecule has 2 radical (unpaired) electrons. The van der Waals surface area contributed by atoms with Crippen molar-refractivity contribution in [1.82, 2.24) is 0 Å². The summed E-state index contributed by atoms with van der Waals surface area (Å²) in [6.45, 7) is 18.4. The highest BCUT2D eigenvalue weighted by Gasteiger charge is 2.22. The van der Waals surface area contributed by atoms with E-state index in [9.17, 15) is 0 Å². The quantitative estimate of drug-likeness (QED) is 0.658. The molecule has 1 aromatic carbocycles. The summed E-state index contributed by atoms with van der Waals surface area (Å²) < 4.78 is 0. The van der Waals surface area contributed by atoms with Crippen molar-refractivity contribution in [2.24, 2.45) is 0 Å². The third-order valence-electron chi connectivity index (χ3n) is 3.26. The summed E-state index contributed by atoms with van der Waals surface area (Å²) in [5.74, 6) is 0. The number of aryl methyl sites for hydroxylation is 1. The number of hydrogen-bond acceptors (Lipinski definition) is 0. The maximum absolute atomic E-state index is 2.43. The van der Waals surface area contributed by atoms with Crippen LogP contribution in [0.1, 0.15) is 58.2 Å². The fourth-order valence-corrected chi connectivity index (χ4v) is 3.33. The fourth-order valence-electron chi connectivity index (χ4n) is 2.14. The van der Waals surface area contributed by atoms with Crippen LogP contribution in [0.4, 0.5) is 0 Å². The van der Waals surface area contributed by atoms with Crippen molar-refractivity contribution < 1.29 is 0 Å². The Bertz CT molecular complexity index is 403. The molecule has 0 aliphatic carbocycles. The van der Waals surface area contributed by atoms with Crippen LogP contribution in [0.5, 0.6) is 0 Å². The molecule has 0 bridgehead atoms. The second-order valence-corrected chi connectivity index (χ2v) is 7.97. The summed E-state index contributed by atoms with van der Waals surface area (Å²) in [6, 6.07) is 4.81. The summed E-state index contributed by atoms with van der Waals surface area (Å²) in [5, 5.41) is 1.56. The Labute approximate surface area is 110 Å². The van der Waals surface area contributed by atoms with Gasteiger partial charge in [0, 0.05) is 0 Å². The highest BCUT2D eigenvalue weighted by molar-refractivity contribution is 6.53. The van der Waals surface area contributed by atoms with Crippen LogP contribution in [0.3, 0.4) is 0 Å². The molecule has 0 spiro atoms. The maximum atomic E-state index is 2.43. The van der Waals surface area contributed by atoms with E-state index >= 15 is 0 Å². The third-order valence-corrected chi connectivity index (χ3v) is 4.42. The molecule has 0 saturated heterocycles. The zero-order valence-electron chi connectivity index (χ0n) is 12.7. The van der Waals surface area contributed by atoms with E-state index in [2.05, 4.69) is 67.1 Å². The first kappa shape index (κ1) is 14.5. The van der Waals surface area contributed by atoms with E-state index < -0.39 is 0 Å². The van der Waals surface area contributed by atoms with Crippen molar-refractivity contribution in [3.63, 3.8) is 0 Å². The van der Waals surface area contributed by atoms with Crippen molar-refractivity contribution in [1.29, 1.82) is 0 Å². The molecule has 0 unspecified atom stereocenters. The van der Waals surface area contributed by atoms with Crippen molar-refractivity contribution in [2.75, 3.05) is 0 Å². The van der Waals surface area contributed by atoms with Gasteiger partial charge in [-0.15, -0.1) is 0 Å². The van der Waals surface area contributed by atoms with Gasteiger partial charge in [-0.1, -0.05) is 71.0 Å². The number of hydrogen-bond donors (Lipinski definition) is 0. The predicted molar refractivity (Wildman–Crippen MR) is 79.8 cm³/mol. The molecule has 1 rings (SSSR count). The molecule has 0 saturated carbocycles. The lowest BCUT2D eigenvalue weighted by molar-refractivity contribution is 0.570. The van der Waals surface area contributed by atoms with Crippen LogP contribution in [0, 0.1) is 6.92 Å². The van der Waals surface area contributed by atoms with Crippen LogP contribution in [-0.4, -0.2) is 9.52 Å². The van der Waals surface area contributed by atoms with Crippen LogP contribution in [-0.2, 0) is 10.8 Å². The van der Waals surface area contributed by atoms with E-state index in [0.717, 1.165) is 9.52 Å². The summed E-state index contributed by atoms with van der Waals surface area (Å²) in [5.41, 5.74) is 4.93. The Kier molecular flexibility index (Phi) is 3.93. The van der Waals surface area contributed by atoms with Gasteiger partial charge >= 0.3 is 0 Å². The lowest BCUT2D eigenvalue weighted by atomic mass is 9.79. The monoisotopic (exact) mass is 246 g/mol. The predicted octanol–water partition coefficient (Wildman–Crippen LogP) is 3.97. The molecule has 0 amide bonds. The second kappa shape index (κ2) is 4.60. The SMILES string of the molecule is C[Si]c1c(C)cc(C(C)(C)C)cc1C(C)(C)C. The molecule has 0 atom stereocenters. The molecule has 94 valence electrons. The zero-order chi connectivity index (χ0) is 13.4. The summed E-state index contributed by atoms with van der Waals surface area (Å²) in [4.78, 5) is 0. The molecule has 1 aromatic rings. The van der Waals surface area contributed by atoms with Gasteiger partial charge in [-0.25, -0.2) is 0 Å². The summed E-state index contributed by atoms with van der Waals surface area (Å²) in [7, 11) is 0.881. The first-order valence-corrected chi connectivity index (χ1v) is 7.90. The largest absolute Gasteiger partial charge is 0.0781 e. The first-order chi connectivity index (χ1) is 7.57. The fraction of sp³-hybridized carbons (Fsp3) is 0.625. The van der Waals surface area contributed by atoms with Gasteiger partial charge in [0.2, 0.25) is 0 Å². The van der Waals surface area contributed by atoms with E-state index in [1.807, 2.05) is 0 Å². The van der Waals surface area contributed by atoms with Gasteiger partial charge in [0.25, 0.3) is 0 Å². The maximum Gasteiger partial charge on any atom is 0.0781 e.